The summed E-state index contributed by atoms with van der Waals surface area (Å²) in [5.74, 6) is -4.10. The van der Waals surface area contributed by atoms with Crippen LogP contribution in [-0.2, 0) is 4.74 Å². The Labute approximate surface area is 96.5 Å². The minimum Gasteiger partial charge on any atom is -0.491 e. The molecule has 1 aliphatic heterocycles. The lowest BCUT2D eigenvalue weighted by Gasteiger charge is -2.24. The number of nitrogens with one attached hydrogen (secondary N) is 1. The predicted molar refractivity (Wildman–Crippen MR) is 54.4 cm³/mol. The van der Waals surface area contributed by atoms with Gasteiger partial charge in [-0.2, -0.15) is 4.39 Å². The molecule has 0 radical (unpaired) electrons. The quantitative estimate of drug-likeness (QED) is 0.808. The van der Waals surface area contributed by atoms with Crippen LogP contribution >= 0.6 is 0 Å². The van der Waals surface area contributed by atoms with E-state index in [0.717, 1.165) is 13.2 Å². The van der Waals surface area contributed by atoms with E-state index in [0.29, 0.717) is 19.7 Å². The number of benzene rings is 1. The Balaban J connectivity index is 2.42. The molecule has 1 aromatic rings. The van der Waals surface area contributed by atoms with Crippen LogP contribution in [0.4, 0.5) is 13.2 Å². The van der Waals surface area contributed by atoms with Gasteiger partial charge >= 0.3 is 0 Å². The van der Waals surface area contributed by atoms with Crippen LogP contribution in [-0.4, -0.2) is 26.8 Å². The van der Waals surface area contributed by atoms with Gasteiger partial charge < -0.3 is 14.8 Å². The number of methoxy groups -OCH3 is 1. The molecule has 1 N–H and O–H groups in total. The van der Waals surface area contributed by atoms with Crippen LogP contribution in [0.5, 0.6) is 5.75 Å². The third-order valence-corrected chi connectivity index (χ3v) is 2.62. The Kier molecular flexibility index (Phi) is 3.54. The lowest BCUT2D eigenvalue weighted by atomic mass is 10.1. The number of rotatable bonds is 2. The van der Waals surface area contributed by atoms with E-state index in [2.05, 4.69) is 10.1 Å². The summed E-state index contributed by atoms with van der Waals surface area (Å²) in [7, 11) is 1.09. The van der Waals surface area contributed by atoms with Gasteiger partial charge in [-0.15, -0.1) is 0 Å². The normalized spacial score (nSPS) is 20.4. The van der Waals surface area contributed by atoms with Gasteiger partial charge in [-0.05, 0) is 6.07 Å². The van der Waals surface area contributed by atoms with Crippen LogP contribution in [0.1, 0.15) is 11.7 Å². The molecular weight excluding hydrogens is 235 g/mol. The largest absolute Gasteiger partial charge is 0.491 e. The number of ether oxygens (including phenoxy) is 2. The van der Waals surface area contributed by atoms with E-state index < -0.39 is 29.3 Å². The molecule has 1 unspecified atom stereocenters. The highest BCUT2D eigenvalue weighted by Crippen LogP contribution is 2.31. The van der Waals surface area contributed by atoms with E-state index in [4.69, 9.17) is 4.74 Å². The summed E-state index contributed by atoms with van der Waals surface area (Å²) < 4.78 is 50.2. The first-order valence-electron chi connectivity index (χ1n) is 5.19. The Bertz CT molecular complexity index is 420. The molecule has 0 aliphatic carbocycles. The van der Waals surface area contributed by atoms with Gasteiger partial charge in [0.15, 0.2) is 17.4 Å². The fourth-order valence-electron chi connectivity index (χ4n) is 1.78. The number of halogens is 3. The average Bonchev–Trinajstić information content (AvgIpc) is 2.36. The molecule has 6 heteroatoms. The van der Waals surface area contributed by atoms with E-state index in [1.54, 1.807) is 0 Å². The van der Waals surface area contributed by atoms with Crippen LogP contribution in [0, 0.1) is 17.5 Å². The third kappa shape index (κ3) is 2.23. The van der Waals surface area contributed by atoms with E-state index >= 15 is 0 Å². The minimum atomic E-state index is -1.32. The van der Waals surface area contributed by atoms with Crippen molar-refractivity contribution >= 4 is 0 Å². The molecule has 0 amide bonds. The first-order valence-corrected chi connectivity index (χ1v) is 5.19. The molecule has 1 atom stereocenters. The van der Waals surface area contributed by atoms with Gasteiger partial charge in [-0.3, -0.25) is 0 Å². The molecule has 0 spiro atoms. The molecular formula is C11H12F3NO2. The van der Waals surface area contributed by atoms with E-state index in [1.807, 2.05) is 0 Å². The van der Waals surface area contributed by atoms with E-state index in [9.17, 15) is 13.2 Å². The highest BCUT2D eigenvalue weighted by Gasteiger charge is 2.26. The Morgan fingerprint density at radius 1 is 1.35 bits per heavy atom. The summed E-state index contributed by atoms with van der Waals surface area (Å²) in [5, 5.41) is 2.98. The molecule has 0 bridgehead atoms. The predicted octanol–water partition coefficient (Wildman–Crippen LogP) is 1.77. The van der Waals surface area contributed by atoms with Crippen LogP contribution in [0.2, 0.25) is 0 Å². The van der Waals surface area contributed by atoms with Crippen molar-refractivity contribution in [2.45, 2.75) is 6.10 Å². The fourth-order valence-corrected chi connectivity index (χ4v) is 1.78. The molecule has 0 saturated carbocycles. The van der Waals surface area contributed by atoms with Crippen molar-refractivity contribution in [3.63, 3.8) is 0 Å². The van der Waals surface area contributed by atoms with Crippen molar-refractivity contribution in [3.8, 4) is 5.75 Å². The summed E-state index contributed by atoms with van der Waals surface area (Å²) >= 11 is 0. The second kappa shape index (κ2) is 4.93. The Morgan fingerprint density at radius 3 is 2.71 bits per heavy atom. The summed E-state index contributed by atoms with van der Waals surface area (Å²) in [6, 6.07) is 0.810. The summed E-state index contributed by atoms with van der Waals surface area (Å²) in [4.78, 5) is 0. The first kappa shape index (κ1) is 12.2. The standard InChI is InChI=1S/C11H12F3NO2/c1-16-11-9(13)6(4-7(12)10(11)14)8-5-15-2-3-17-8/h4,8,15H,2-3,5H2,1H3. The highest BCUT2D eigenvalue weighted by molar-refractivity contribution is 5.35. The van der Waals surface area contributed by atoms with Crippen molar-refractivity contribution in [2.24, 2.45) is 0 Å². The average molecular weight is 247 g/mol. The zero-order valence-corrected chi connectivity index (χ0v) is 9.23. The smallest absolute Gasteiger partial charge is 0.203 e. The second-order valence-electron chi connectivity index (χ2n) is 3.67. The number of morpholine rings is 1. The summed E-state index contributed by atoms with van der Waals surface area (Å²) in [5.41, 5.74) is -0.0343. The van der Waals surface area contributed by atoms with Gasteiger partial charge in [-0.1, -0.05) is 0 Å². The molecule has 1 aromatic carbocycles. The molecule has 0 aromatic heterocycles. The maximum atomic E-state index is 13.9. The van der Waals surface area contributed by atoms with Gasteiger partial charge in [-0.25, -0.2) is 8.78 Å². The van der Waals surface area contributed by atoms with Gasteiger partial charge in [0.25, 0.3) is 0 Å². The summed E-state index contributed by atoms with van der Waals surface area (Å²) in [6.45, 7) is 1.40. The lowest BCUT2D eigenvalue weighted by molar-refractivity contribution is 0.0249. The van der Waals surface area contributed by atoms with Crippen molar-refractivity contribution in [3.05, 3.63) is 29.1 Å². The van der Waals surface area contributed by atoms with Crippen LogP contribution < -0.4 is 10.1 Å². The number of hydrogen-bond donors (Lipinski definition) is 1. The van der Waals surface area contributed by atoms with Crippen LogP contribution in [0.3, 0.4) is 0 Å². The maximum Gasteiger partial charge on any atom is 0.203 e. The molecule has 1 saturated heterocycles. The van der Waals surface area contributed by atoms with Crippen LogP contribution in [0.25, 0.3) is 0 Å². The first-order chi connectivity index (χ1) is 8.15. The molecule has 1 fully saturated rings. The fraction of sp³-hybridized carbons (Fsp3) is 0.455. The molecule has 94 valence electrons. The zero-order chi connectivity index (χ0) is 12.4. The van der Waals surface area contributed by atoms with Crippen LogP contribution in [0.15, 0.2) is 6.07 Å². The zero-order valence-electron chi connectivity index (χ0n) is 9.23. The maximum absolute atomic E-state index is 13.9. The van der Waals surface area contributed by atoms with E-state index in [-0.39, 0.29) is 5.56 Å². The molecule has 17 heavy (non-hydrogen) atoms. The van der Waals surface area contributed by atoms with Crippen molar-refractivity contribution in [1.29, 1.82) is 0 Å². The lowest BCUT2D eigenvalue weighted by Crippen LogP contribution is -2.34. The summed E-state index contributed by atoms with van der Waals surface area (Å²) in [6.07, 6.45) is -0.632. The van der Waals surface area contributed by atoms with E-state index in [1.165, 1.54) is 0 Å². The monoisotopic (exact) mass is 247 g/mol. The Hall–Kier alpha value is -1.27. The molecule has 3 nitrogen and oxygen atoms in total. The molecule has 2 rings (SSSR count). The number of hydrogen-bond acceptors (Lipinski definition) is 3. The van der Waals surface area contributed by atoms with Gasteiger partial charge in [0.1, 0.15) is 0 Å². The van der Waals surface area contributed by atoms with Gasteiger partial charge in [0.2, 0.25) is 5.82 Å². The van der Waals surface area contributed by atoms with Gasteiger partial charge in [0, 0.05) is 18.7 Å². The SMILES string of the molecule is COc1c(F)c(F)cc(C2CNCCO2)c1F. The van der Waals surface area contributed by atoms with Gasteiger partial charge in [0.05, 0.1) is 19.8 Å². The highest BCUT2D eigenvalue weighted by atomic mass is 19.2. The molecule has 1 heterocycles. The van der Waals surface area contributed by atoms with Crippen molar-refractivity contribution in [2.75, 3.05) is 26.8 Å². The second-order valence-corrected chi connectivity index (χ2v) is 3.67. The topological polar surface area (TPSA) is 30.5 Å². The Morgan fingerprint density at radius 2 is 2.12 bits per heavy atom. The molecule has 1 aliphatic rings. The minimum absolute atomic E-state index is 0.0343. The van der Waals surface area contributed by atoms with Crippen molar-refractivity contribution in [1.82, 2.24) is 5.32 Å². The van der Waals surface area contributed by atoms with Crippen molar-refractivity contribution < 1.29 is 22.6 Å². The third-order valence-electron chi connectivity index (χ3n) is 2.62.